The lowest BCUT2D eigenvalue weighted by Gasteiger charge is -2.28. The summed E-state index contributed by atoms with van der Waals surface area (Å²) in [7, 11) is 0. The highest BCUT2D eigenvalue weighted by Crippen LogP contribution is 2.45. The molecule has 2 N–H and O–H groups in total. The lowest BCUT2D eigenvalue weighted by molar-refractivity contribution is 0.518. The quantitative estimate of drug-likeness (QED) is 0.348. The molecule has 2 aromatic heterocycles. The smallest absolute Gasteiger partial charge is 0.218 e. The minimum Gasteiger partial charge on any atom is -0.440 e. The maximum atomic E-state index is 13.8. The van der Waals surface area contributed by atoms with Gasteiger partial charge in [-0.05, 0) is 43.7 Å². The predicted molar refractivity (Wildman–Crippen MR) is 125 cm³/mol. The van der Waals surface area contributed by atoms with Crippen LogP contribution in [-0.2, 0) is 0 Å². The van der Waals surface area contributed by atoms with Crippen molar-refractivity contribution in [3.05, 3.63) is 110 Å². The van der Waals surface area contributed by atoms with Gasteiger partial charge in [0.1, 0.15) is 11.2 Å². The standard InChI is InChI=1S/C27H20N2O3/c1-14-8-10-19-17(12-14)24-22(26(28)31-19)21(16-6-4-3-5-7-16)23-25(30)18-13-15(2)9-11-20(18)32-27(23)29-24/h3-13,21,28-29H,1-2H3. The lowest BCUT2D eigenvalue weighted by atomic mass is 9.82. The Morgan fingerprint density at radius 3 is 2.19 bits per heavy atom. The van der Waals surface area contributed by atoms with Crippen LogP contribution in [0.2, 0.25) is 0 Å². The van der Waals surface area contributed by atoms with Crippen LogP contribution in [0.1, 0.15) is 33.7 Å². The van der Waals surface area contributed by atoms with Gasteiger partial charge in [0.2, 0.25) is 11.4 Å². The van der Waals surface area contributed by atoms with Gasteiger partial charge in [0.05, 0.1) is 28.1 Å². The zero-order valence-corrected chi connectivity index (χ0v) is 17.7. The summed E-state index contributed by atoms with van der Waals surface area (Å²) >= 11 is 0. The minimum absolute atomic E-state index is 0.0343. The van der Waals surface area contributed by atoms with E-state index < -0.39 is 5.92 Å². The average molecular weight is 420 g/mol. The van der Waals surface area contributed by atoms with Crippen LogP contribution in [0.4, 0.5) is 11.6 Å². The Bertz CT molecular complexity index is 1660. The molecular formula is C27H20N2O3. The summed E-state index contributed by atoms with van der Waals surface area (Å²) in [6.45, 7) is 3.97. The predicted octanol–water partition coefficient (Wildman–Crippen LogP) is 5.87. The molecule has 32 heavy (non-hydrogen) atoms. The summed E-state index contributed by atoms with van der Waals surface area (Å²) in [5.74, 6) is -0.0640. The lowest BCUT2D eigenvalue weighted by Crippen LogP contribution is -2.27. The summed E-state index contributed by atoms with van der Waals surface area (Å²) in [4.78, 5) is 13.8. The highest BCUT2D eigenvalue weighted by atomic mass is 16.4. The fourth-order valence-electron chi connectivity index (χ4n) is 4.68. The second kappa shape index (κ2) is 6.69. The van der Waals surface area contributed by atoms with Gasteiger partial charge >= 0.3 is 0 Å². The SMILES string of the molecule is Cc1ccc2oc(=N)c3c(c2c1)Nc1oc2ccc(C)cc2c(=O)c1C3c1ccccc1. The van der Waals surface area contributed by atoms with Gasteiger partial charge in [-0.1, -0.05) is 53.6 Å². The van der Waals surface area contributed by atoms with E-state index in [1.807, 2.05) is 80.6 Å². The number of benzene rings is 3. The Hall–Kier alpha value is -4.12. The number of rotatable bonds is 1. The van der Waals surface area contributed by atoms with E-state index in [9.17, 15) is 4.79 Å². The van der Waals surface area contributed by atoms with Crippen molar-refractivity contribution in [3.8, 4) is 0 Å². The van der Waals surface area contributed by atoms with E-state index in [-0.39, 0.29) is 11.0 Å². The molecule has 3 heterocycles. The van der Waals surface area contributed by atoms with Gasteiger partial charge in [-0.25, -0.2) is 0 Å². The van der Waals surface area contributed by atoms with Crippen molar-refractivity contribution >= 4 is 33.5 Å². The molecule has 0 bridgehead atoms. The second-order valence-electron chi connectivity index (χ2n) is 8.36. The zero-order chi connectivity index (χ0) is 22.0. The summed E-state index contributed by atoms with van der Waals surface area (Å²) in [5.41, 5.74) is 5.94. The van der Waals surface area contributed by atoms with Crippen molar-refractivity contribution < 1.29 is 8.83 Å². The van der Waals surface area contributed by atoms with Gasteiger partial charge in [-0.3, -0.25) is 10.2 Å². The normalized spacial score (nSPS) is 14.8. The van der Waals surface area contributed by atoms with Crippen LogP contribution in [0.25, 0.3) is 21.9 Å². The molecule has 6 rings (SSSR count). The molecule has 5 nitrogen and oxygen atoms in total. The van der Waals surface area contributed by atoms with Crippen molar-refractivity contribution in [2.24, 2.45) is 0 Å². The van der Waals surface area contributed by atoms with E-state index in [4.69, 9.17) is 14.2 Å². The van der Waals surface area contributed by atoms with Crippen LogP contribution in [0.5, 0.6) is 0 Å². The Kier molecular flexibility index (Phi) is 3.89. The molecule has 0 radical (unpaired) electrons. The third-order valence-electron chi connectivity index (χ3n) is 6.16. The van der Waals surface area contributed by atoms with Crippen LogP contribution in [-0.4, -0.2) is 0 Å². The Balaban J connectivity index is 1.78. The molecule has 0 aliphatic carbocycles. The van der Waals surface area contributed by atoms with Gasteiger partial charge in [0.15, 0.2) is 5.43 Å². The van der Waals surface area contributed by atoms with Crippen LogP contribution in [0, 0.1) is 19.3 Å². The Morgan fingerprint density at radius 2 is 1.47 bits per heavy atom. The molecule has 0 saturated carbocycles. The molecule has 0 amide bonds. The molecule has 1 aliphatic heterocycles. The molecule has 1 atom stereocenters. The molecule has 0 spiro atoms. The van der Waals surface area contributed by atoms with Gasteiger partial charge < -0.3 is 14.2 Å². The molecule has 3 aromatic carbocycles. The monoisotopic (exact) mass is 420 g/mol. The Labute approximate surface area is 183 Å². The van der Waals surface area contributed by atoms with Gasteiger partial charge in [0.25, 0.3) is 0 Å². The summed E-state index contributed by atoms with van der Waals surface area (Å²) in [6.07, 6.45) is 0. The topological polar surface area (TPSA) is 79.2 Å². The fraction of sp³-hybridized carbons (Fsp3) is 0.111. The van der Waals surface area contributed by atoms with Gasteiger partial charge in [0, 0.05) is 5.39 Å². The van der Waals surface area contributed by atoms with Crippen molar-refractivity contribution in [2.75, 3.05) is 5.32 Å². The van der Waals surface area contributed by atoms with Crippen LogP contribution >= 0.6 is 0 Å². The largest absolute Gasteiger partial charge is 0.440 e. The van der Waals surface area contributed by atoms with E-state index in [0.717, 1.165) is 27.8 Å². The maximum Gasteiger partial charge on any atom is 0.218 e. The first-order chi connectivity index (χ1) is 15.5. The van der Waals surface area contributed by atoms with Gasteiger partial charge in [-0.2, -0.15) is 0 Å². The number of nitrogens with one attached hydrogen (secondary N) is 2. The van der Waals surface area contributed by atoms with Crippen molar-refractivity contribution in [1.29, 1.82) is 5.41 Å². The third kappa shape index (κ3) is 2.64. The van der Waals surface area contributed by atoms with E-state index in [1.54, 1.807) is 0 Å². The molecule has 0 fully saturated rings. The minimum atomic E-state index is -0.482. The van der Waals surface area contributed by atoms with E-state index in [2.05, 4.69) is 5.32 Å². The summed E-state index contributed by atoms with van der Waals surface area (Å²) in [5, 5.41) is 13.5. The molecule has 1 unspecified atom stereocenters. The number of hydrogen-bond acceptors (Lipinski definition) is 5. The van der Waals surface area contributed by atoms with E-state index in [1.165, 1.54) is 0 Å². The van der Waals surface area contributed by atoms with Crippen molar-refractivity contribution in [3.63, 3.8) is 0 Å². The summed E-state index contributed by atoms with van der Waals surface area (Å²) < 4.78 is 12.2. The van der Waals surface area contributed by atoms with Crippen molar-refractivity contribution in [2.45, 2.75) is 19.8 Å². The molecule has 156 valence electrons. The number of fused-ring (bicyclic) bond motifs is 5. The van der Waals surface area contributed by atoms with Gasteiger partial charge in [-0.15, -0.1) is 0 Å². The van der Waals surface area contributed by atoms with Crippen LogP contribution in [0.3, 0.4) is 0 Å². The molecular weight excluding hydrogens is 400 g/mol. The second-order valence-corrected chi connectivity index (χ2v) is 8.36. The molecule has 0 saturated heterocycles. The van der Waals surface area contributed by atoms with Crippen molar-refractivity contribution in [1.82, 2.24) is 0 Å². The average Bonchev–Trinajstić information content (AvgIpc) is 2.80. The number of anilines is 2. The van der Waals surface area contributed by atoms with Crippen LogP contribution < -0.4 is 16.3 Å². The van der Waals surface area contributed by atoms with E-state index >= 15 is 0 Å². The maximum absolute atomic E-state index is 13.8. The number of hydrogen-bond donors (Lipinski definition) is 2. The summed E-state index contributed by atoms with van der Waals surface area (Å²) in [6, 6.07) is 21.2. The Morgan fingerprint density at radius 1 is 0.812 bits per heavy atom. The third-order valence-corrected chi connectivity index (χ3v) is 6.16. The molecule has 1 aliphatic rings. The molecule has 5 aromatic rings. The number of aryl methyl sites for hydroxylation is 2. The first-order valence-corrected chi connectivity index (χ1v) is 10.5. The molecule has 5 heteroatoms. The van der Waals surface area contributed by atoms with Crippen LogP contribution in [0.15, 0.2) is 80.4 Å². The highest BCUT2D eigenvalue weighted by Gasteiger charge is 2.35. The first kappa shape index (κ1) is 18.6. The fourth-order valence-corrected chi connectivity index (χ4v) is 4.68. The first-order valence-electron chi connectivity index (χ1n) is 10.5. The van der Waals surface area contributed by atoms with E-state index in [0.29, 0.717) is 33.6 Å². The highest BCUT2D eigenvalue weighted by molar-refractivity contribution is 5.96. The zero-order valence-electron chi connectivity index (χ0n) is 17.7.